The van der Waals surface area contributed by atoms with E-state index in [2.05, 4.69) is 14.8 Å². The van der Waals surface area contributed by atoms with Crippen LogP contribution in [0.25, 0.3) is 0 Å². The summed E-state index contributed by atoms with van der Waals surface area (Å²) in [5.41, 5.74) is 0.399. The molecule has 0 saturated heterocycles. The van der Waals surface area contributed by atoms with E-state index < -0.39 is 24.1 Å². The molecule has 0 bridgehead atoms. The van der Waals surface area contributed by atoms with Crippen LogP contribution in [0.15, 0.2) is 24.3 Å². The molecule has 1 amide bonds. The number of halogens is 1. The van der Waals surface area contributed by atoms with Crippen molar-refractivity contribution in [3.8, 4) is 0 Å². The van der Waals surface area contributed by atoms with Gasteiger partial charge in [-0.2, -0.15) is 0 Å². The van der Waals surface area contributed by atoms with Crippen LogP contribution in [0.4, 0.5) is 4.79 Å². The molecule has 0 unspecified atom stereocenters. The maximum Gasteiger partial charge on any atom is 0.407 e. The highest BCUT2D eigenvalue weighted by atomic mass is 35.5. The first-order chi connectivity index (χ1) is 11.0. The third-order valence-electron chi connectivity index (χ3n) is 2.69. The molecule has 0 aromatic heterocycles. The molecule has 1 atom stereocenters. The smallest absolute Gasteiger partial charge is 0.407 e. The molecule has 0 heterocycles. The first-order valence-electron chi connectivity index (χ1n) is 6.91. The van der Waals surface area contributed by atoms with Gasteiger partial charge in [-0.05, 0) is 19.1 Å². The molecular weight excluding hydrogens is 326 g/mol. The van der Waals surface area contributed by atoms with Crippen molar-refractivity contribution >= 4 is 29.6 Å². The van der Waals surface area contributed by atoms with Crippen molar-refractivity contribution < 1.29 is 28.6 Å². The van der Waals surface area contributed by atoms with E-state index in [0.29, 0.717) is 10.6 Å². The van der Waals surface area contributed by atoms with Gasteiger partial charge >= 0.3 is 18.0 Å². The Morgan fingerprint density at radius 2 is 2.04 bits per heavy atom. The number of rotatable bonds is 7. The predicted octanol–water partition coefficient (Wildman–Crippen LogP) is 2.23. The number of alkyl carbamates (subject to hydrolysis) is 1. The van der Waals surface area contributed by atoms with Gasteiger partial charge in [0.1, 0.15) is 0 Å². The molecule has 0 radical (unpaired) electrons. The van der Waals surface area contributed by atoms with Crippen molar-refractivity contribution in [2.75, 3.05) is 20.3 Å². The maximum atomic E-state index is 11.8. The van der Waals surface area contributed by atoms with E-state index in [1.54, 1.807) is 25.1 Å². The van der Waals surface area contributed by atoms with Gasteiger partial charge in [0.25, 0.3) is 0 Å². The molecule has 1 aromatic carbocycles. The summed E-state index contributed by atoms with van der Waals surface area (Å²) >= 11 is 5.87. The number of carbonyl (C=O) groups is 3. The van der Waals surface area contributed by atoms with E-state index in [1.807, 2.05) is 0 Å². The number of methoxy groups -OCH3 is 1. The third kappa shape index (κ3) is 6.56. The molecule has 1 rings (SSSR count). The van der Waals surface area contributed by atoms with Gasteiger partial charge in [0.15, 0.2) is 0 Å². The zero-order valence-electron chi connectivity index (χ0n) is 12.8. The fourth-order valence-corrected chi connectivity index (χ4v) is 1.87. The lowest BCUT2D eigenvalue weighted by Crippen LogP contribution is -2.28. The lowest BCUT2D eigenvalue weighted by atomic mass is 10.1. The Morgan fingerprint density at radius 1 is 1.30 bits per heavy atom. The van der Waals surface area contributed by atoms with E-state index in [0.717, 1.165) is 0 Å². The summed E-state index contributed by atoms with van der Waals surface area (Å²) in [5, 5.41) is 2.78. The Bertz CT molecular complexity index is 563. The molecule has 7 nitrogen and oxygen atoms in total. The summed E-state index contributed by atoms with van der Waals surface area (Å²) in [4.78, 5) is 34.7. The molecule has 0 spiro atoms. The largest absolute Gasteiger partial charge is 0.466 e. The van der Waals surface area contributed by atoms with Crippen LogP contribution in [0.5, 0.6) is 0 Å². The monoisotopic (exact) mass is 343 g/mol. The fraction of sp³-hybridized carbons (Fsp3) is 0.400. The lowest BCUT2D eigenvalue weighted by molar-refractivity contribution is -0.166. The summed E-state index contributed by atoms with van der Waals surface area (Å²) in [6.45, 7) is 1.93. The first kappa shape index (κ1) is 18.8. The predicted molar refractivity (Wildman–Crippen MR) is 81.9 cm³/mol. The Kier molecular flexibility index (Phi) is 7.90. The maximum absolute atomic E-state index is 11.8. The Balaban J connectivity index is 2.62. The molecule has 0 aliphatic rings. The topological polar surface area (TPSA) is 90.9 Å². The van der Waals surface area contributed by atoms with Crippen molar-refractivity contribution in [1.82, 2.24) is 5.32 Å². The molecule has 1 aromatic rings. The molecule has 8 heteroatoms. The Hall–Kier alpha value is -2.28. The average Bonchev–Trinajstić information content (AvgIpc) is 2.52. The summed E-state index contributed by atoms with van der Waals surface area (Å²) in [5.74, 6) is -1.39. The number of carbonyl (C=O) groups excluding carboxylic acids is 3. The van der Waals surface area contributed by atoms with E-state index in [-0.39, 0.29) is 19.6 Å². The lowest BCUT2D eigenvalue weighted by Gasteiger charge is -2.16. The molecular formula is C15H18ClNO6. The summed E-state index contributed by atoms with van der Waals surface area (Å²) in [6, 6.07) is 6.36. The molecule has 23 heavy (non-hydrogen) atoms. The summed E-state index contributed by atoms with van der Waals surface area (Å²) < 4.78 is 14.4. The van der Waals surface area contributed by atoms with Gasteiger partial charge in [-0.15, -0.1) is 0 Å². The number of esters is 2. The highest BCUT2D eigenvalue weighted by Crippen LogP contribution is 2.22. The quantitative estimate of drug-likeness (QED) is 0.603. The summed E-state index contributed by atoms with van der Waals surface area (Å²) in [7, 11) is 1.19. The van der Waals surface area contributed by atoms with Crippen LogP contribution in [-0.4, -0.2) is 38.3 Å². The molecule has 0 aliphatic carbocycles. The SMILES string of the molecule is CCOC(=O)NCCC(=O)O[C@@H](C(=O)OC)c1cccc(Cl)c1. The van der Waals surface area contributed by atoms with E-state index in [4.69, 9.17) is 16.3 Å². The van der Waals surface area contributed by atoms with Gasteiger partial charge < -0.3 is 19.5 Å². The number of hydrogen-bond acceptors (Lipinski definition) is 6. The molecule has 0 aliphatic heterocycles. The molecule has 1 N–H and O–H groups in total. The van der Waals surface area contributed by atoms with Crippen LogP contribution in [0.2, 0.25) is 5.02 Å². The van der Waals surface area contributed by atoms with Gasteiger partial charge in [0.05, 0.1) is 20.1 Å². The van der Waals surface area contributed by atoms with Crippen LogP contribution < -0.4 is 5.32 Å². The van der Waals surface area contributed by atoms with Crippen LogP contribution >= 0.6 is 11.6 Å². The first-order valence-corrected chi connectivity index (χ1v) is 7.29. The average molecular weight is 344 g/mol. The highest BCUT2D eigenvalue weighted by molar-refractivity contribution is 6.30. The van der Waals surface area contributed by atoms with Gasteiger partial charge in [0.2, 0.25) is 6.10 Å². The fourth-order valence-electron chi connectivity index (χ4n) is 1.67. The Labute approximate surface area is 138 Å². The number of hydrogen-bond donors (Lipinski definition) is 1. The van der Waals surface area contributed by atoms with Crippen molar-refractivity contribution in [3.05, 3.63) is 34.9 Å². The van der Waals surface area contributed by atoms with E-state index in [9.17, 15) is 14.4 Å². The second kappa shape index (κ2) is 9.68. The van der Waals surface area contributed by atoms with Crippen LogP contribution in [-0.2, 0) is 23.8 Å². The van der Waals surface area contributed by atoms with Crippen LogP contribution in [0.3, 0.4) is 0 Å². The number of amides is 1. The minimum Gasteiger partial charge on any atom is -0.466 e. The minimum atomic E-state index is -1.21. The zero-order valence-corrected chi connectivity index (χ0v) is 13.6. The molecule has 0 saturated carbocycles. The minimum absolute atomic E-state index is 0.0289. The Morgan fingerprint density at radius 3 is 2.65 bits per heavy atom. The van der Waals surface area contributed by atoms with Gasteiger partial charge in [-0.3, -0.25) is 4.79 Å². The number of benzene rings is 1. The molecule has 0 fully saturated rings. The second-order valence-electron chi connectivity index (χ2n) is 4.35. The van der Waals surface area contributed by atoms with E-state index in [1.165, 1.54) is 13.2 Å². The molecule has 126 valence electrons. The normalized spacial score (nSPS) is 11.3. The number of nitrogens with one attached hydrogen (secondary N) is 1. The van der Waals surface area contributed by atoms with Crippen molar-refractivity contribution in [2.45, 2.75) is 19.4 Å². The van der Waals surface area contributed by atoms with Crippen molar-refractivity contribution in [1.29, 1.82) is 0 Å². The highest BCUT2D eigenvalue weighted by Gasteiger charge is 2.26. The second-order valence-corrected chi connectivity index (χ2v) is 4.78. The third-order valence-corrected chi connectivity index (χ3v) is 2.92. The number of ether oxygens (including phenoxy) is 3. The van der Waals surface area contributed by atoms with Crippen LogP contribution in [0.1, 0.15) is 25.0 Å². The standard InChI is InChI=1S/C15H18ClNO6/c1-3-22-15(20)17-8-7-12(18)23-13(14(19)21-2)10-5-4-6-11(16)9-10/h4-6,9,13H,3,7-8H2,1-2H3,(H,17,20)/t13-/m1/s1. The van der Waals surface area contributed by atoms with Crippen molar-refractivity contribution in [3.63, 3.8) is 0 Å². The van der Waals surface area contributed by atoms with Crippen molar-refractivity contribution in [2.24, 2.45) is 0 Å². The van der Waals surface area contributed by atoms with Gasteiger partial charge in [0, 0.05) is 17.1 Å². The van der Waals surface area contributed by atoms with Gasteiger partial charge in [-0.25, -0.2) is 9.59 Å². The zero-order chi connectivity index (χ0) is 17.2. The summed E-state index contributed by atoms with van der Waals surface area (Å²) in [6.07, 6.45) is -1.96. The van der Waals surface area contributed by atoms with Crippen LogP contribution in [0, 0.1) is 0 Å². The van der Waals surface area contributed by atoms with Gasteiger partial charge in [-0.1, -0.05) is 23.7 Å². The van der Waals surface area contributed by atoms with E-state index >= 15 is 0 Å².